The van der Waals surface area contributed by atoms with Crippen LogP contribution in [0.2, 0.25) is 0 Å². The van der Waals surface area contributed by atoms with Crippen LogP contribution in [0, 0.1) is 0 Å². The van der Waals surface area contributed by atoms with Crippen LogP contribution in [0.25, 0.3) is 0 Å². The Bertz CT molecular complexity index is 336. The molecule has 0 atom stereocenters. The van der Waals surface area contributed by atoms with E-state index in [1.807, 2.05) is 0 Å². The summed E-state index contributed by atoms with van der Waals surface area (Å²) < 4.78 is 5.14. The maximum absolute atomic E-state index is 11.6. The van der Waals surface area contributed by atoms with Crippen molar-refractivity contribution in [2.75, 3.05) is 13.6 Å². The number of nitrogens with one attached hydrogen (secondary N) is 2. The molecule has 5 nitrogen and oxygen atoms in total. The maximum Gasteiger partial charge on any atom is 0.273 e. The molecule has 0 saturated heterocycles. The lowest BCUT2D eigenvalue weighted by atomic mass is 10.2. The Labute approximate surface area is 102 Å². The quantitative estimate of drug-likeness (QED) is 0.678. The van der Waals surface area contributed by atoms with Crippen LogP contribution in [0.15, 0.2) is 10.7 Å². The second kappa shape index (κ2) is 7.84. The average molecular weight is 239 g/mol. The minimum atomic E-state index is -0.160. The molecule has 5 heteroatoms. The number of amides is 1. The SMILES string of the molecule is CCCCCCNC(=O)c1coc(CNC)n1. The van der Waals surface area contributed by atoms with E-state index >= 15 is 0 Å². The number of hydrogen-bond donors (Lipinski definition) is 2. The highest BCUT2D eigenvalue weighted by Gasteiger charge is 2.10. The van der Waals surface area contributed by atoms with Gasteiger partial charge in [0, 0.05) is 6.54 Å². The molecule has 1 aromatic rings. The maximum atomic E-state index is 11.6. The monoisotopic (exact) mass is 239 g/mol. The van der Waals surface area contributed by atoms with Crippen molar-refractivity contribution >= 4 is 5.91 Å². The van der Waals surface area contributed by atoms with Gasteiger partial charge in [0.2, 0.25) is 5.89 Å². The fourth-order valence-electron chi connectivity index (χ4n) is 1.49. The summed E-state index contributed by atoms with van der Waals surface area (Å²) in [6, 6.07) is 0. The van der Waals surface area contributed by atoms with Crippen molar-refractivity contribution in [2.24, 2.45) is 0 Å². The first-order valence-corrected chi connectivity index (χ1v) is 6.15. The first-order chi connectivity index (χ1) is 8.27. The van der Waals surface area contributed by atoms with Crippen molar-refractivity contribution < 1.29 is 9.21 Å². The summed E-state index contributed by atoms with van der Waals surface area (Å²) in [6.07, 6.45) is 5.98. The van der Waals surface area contributed by atoms with Gasteiger partial charge in [-0.15, -0.1) is 0 Å². The van der Waals surface area contributed by atoms with Crippen LogP contribution >= 0.6 is 0 Å². The van der Waals surface area contributed by atoms with Crippen molar-refractivity contribution in [2.45, 2.75) is 39.2 Å². The smallest absolute Gasteiger partial charge is 0.273 e. The summed E-state index contributed by atoms with van der Waals surface area (Å²) in [5, 5.41) is 5.75. The minimum absolute atomic E-state index is 0.160. The highest BCUT2D eigenvalue weighted by atomic mass is 16.3. The van der Waals surface area contributed by atoms with Gasteiger partial charge in [-0.2, -0.15) is 0 Å². The van der Waals surface area contributed by atoms with Gasteiger partial charge >= 0.3 is 0 Å². The van der Waals surface area contributed by atoms with Gasteiger partial charge in [0.25, 0.3) is 5.91 Å². The molecule has 0 radical (unpaired) electrons. The van der Waals surface area contributed by atoms with Gasteiger partial charge in [-0.25, -0.2) is 4.98 Å². The van der Waals surface area contributed by atoms with E-state index in [1.165, 1.54) is 19.1 Å². The molecule has 0 unspecified atom stereocenters. The van der Waals surface area contributed by atoms with Crippen LogP contribution in [-0.4, -0.2) is 24.5 Å². The van der Waals surface area contributed by atoms with Crippen LogP contribution < -0.4 is 10.6 Å². The molecule has 1 heterocycles. The van der Waals surface area contributed by atoms with E-state index in [-0.39, 0.29) is 5.91 Å². The average Bonchev–Trinajstić information content (AvgIpc) is 2.78. The van der Waals surface area contributed by atoms with E-state index in [4.69, 9.17) is 4.42 Å². The Morgan fingerprint density at radius 2 is 2.24 bits per heavy atom. The van der Waals surface area contributed by atoms with Gasteiger partial charge in [-0.1, -0.05) is 26.2 Å². The van der Waals surface area contributed by atoms with Crippen molar-refractivity contribution in [3.63, 3.8) is 0 Å². The van der Waals surface area contributed by atoms with Crippen LogP contribution in [0.4, 0.5) is 0 Å². The van der Waals surface area contributed by atoms with Crippen LogP contribution in [0.1, 0.15) is 49.0 Å². The number of unbranched alkanes of at least 4 members (excludes halogenated alkanes) is 3. The molecule has 1 aromatic heterocycles. The molecule has 2 N–H and O–H groups in total. The summed E-state index contributed by atoms with van der Waals surface area (Å²) in [5.74, 6) is 0.372. The number of rotatable bonds is 8. The lowest BCUT2D eigenvalue weighted by Gasteiger charge is -2.01. The molecule has 0 fully saturated rings. The van der Waals surface area contributed by atoms with E-state index in [0.717, 1.165) is 12.8 Å². The van der Waals surface area contributed by atoms with Crippen LogP contribution in [0.5, 0.6) is 0 Å². The van der Waals surface area contributed by atoms with Gasteiger partial charge in [0.05, 0.1) is 6.54 Å². The summed E-state index contributed by atoms with van der Waals surface area (Å²) in [5.41, 5.74) is 0.353. The highest BCUT2D eigenvalue weighted by molar-refractivity contribution is 5.91. The number of nitrogens with zero attached hydrogens (tertiary/aromatic N) is 1. The molecule has 1 amide bonds. The molecule has 0 aliphatic rings. The fraction of sp³-hybridized carbons (Fsp3) is 0.667. The van der Waals surface area contributed by atoms with Crippen molar-refractivity contribution in [1.29, 1.82) is 0 Å². The lowest BCUT2D eigenvalue weighted by Crippen LogP contribution is -2.24. The first-order valence-electron chi connectivity index (χ1n) is 6.15. The summed E-state index contributed by atoms with van der Waals surface area (Å²) in [4.78, 5) is 15.7. The Morgan fingerprint density at radius 3 is 2.94 bits per heavy atom. The van der Waals surface area contributed by atoms with E-state index < -0.39 is 0 Å². The molecule has 0 saturated carbocycles. The fourth-order valence-corrected chi connectivity index (χ4v) is 1.49. The topological polar surface area (TPSA) is 67.2 Å². The van der Waals surface area contributed by atoms with Gasteiger partial charge in [0.1, 0.15) is 6.26 Å². The highest BCUT2D eigenvalue weighted by Crippen LogP contribution is 2.02. The zero-order valence-corrected chi connectivity index (χ0v) is 10.6. The third kappa shape index (κ3) is 4.99. The molecule has 0 spiro atoms. The van der Waals surface area contributed by atoms with Crippen LogP contribution in [0.3, 0.4) is 0 Å². The molecular weight excluding hydrogens is 218 g/mol. The third-order valence-electron chi connectivity index (χ3n) is 2.43. The largest absolute Gasteiger partial charge is 0.447 e. The lowest BCUT2D eigenvalue weighted by molar-refractivity contribution is 0.0948. The van der Waals surface area contributed by atoms with E-state index in [9.17, 15) is 4.79 Å². The number of oxazole rings is 1. The van der Waals surface area contributed by atoms with E-state index in [2.05, 4.69) is 22.5 Å². The molecule has 1 rings (SSSR count). The van der Waals surface area contributed by atoms with Crippen molar-refractivity contribution in [3.8, 4) is 0 Å². The third-order valence-corrected chi connectivity index (χ3v) is 2.43. The standard InChI is InChI=1S/C12H21N3O2/c1-3-4-5-6-7-14-12(16)10-9-17-11(15-10)8-13-2/h9,13H,3-8H2,1-2H3,(H,14,16). The zero-order chi connectivity index (χ0) is 12.5. The summed E-state index contributed by atoms with van der Waals surface area (Å²) in [7, 11) is 1.80. The molecule has 0 aromatic carbocycles. The Hall–Kier alpha value is -1.36. The predicted octanol–water partition coefficient (Wildman–Crippen LogP) is 1.70. The first kappa shape index (κ1) is 13.7. The summed E-state index contributed by atoms with van der Waals surface area (Å²) >= 11 is 0. The summed E-state index contributed by atoms with van der Waals surface area (Å²) in [6.45, 7) is 3.40. The van der Waals surface area contributed by atoms with Gasteiger partial charge in [-0.05, 0) is 13.5 Å². The normalized spacial score (nSPS) is 10.5. The van der Waals surface area contributed by atoms with Crippen LogP contribution in [-0.2, 0) is 6.54 Å². The number of carbonyl (C=O) groups excluding carboxylic acids is 1. The second-order valence-electron chi connectivity index (χ2n) is 3.97. The molecular formula is C12H21N3O2. The molecule has 17 heavy (non-hydrogen) atoms. The molecule has 0 bridgehead atoms. The van der Waals surface area contributed by atoms with Gasteiger partial charge in [-0.3, -0.25) is 4.79 Å². The molecule has 96 valence electrons. The minimum Gasteiger partial charge on any atom is -0.447 e. The Balaban J connectivity index is 2.26. The van der Waals surface area contributed by atoms with E-state index in [0.29, 0.717) is 24.7 Å². The number of carbonyl (C=O) groups is 1. The zero-order valence-electron chi connectivity index (χ0n) is 10.6. The van der Waals surface area contributed by atoms with Gasteiger partial charge < -0.3 is 15.1 Å². The van der Waals surface area contributed by atoms with E-state index in [1.54, 1.807) is 7.05 Å². The molecule has 0 aliphatic carbocycles. The number of aromatic nitrogens is 1. The van der Waals surface area contributed by atoms with Crippen molar-refractivity contribution in [1.82, 2.24) is 15.6 Å². The van der Waals surface area contributed by atoms with Gasteiger partial charge in [0.15, 0.2) is 5.69 Å². The Kier molecular flexibility index (Phi) is 6.32. The predicted molar refractivity (Wildman–Crippen MR) is 65.7 cm³/mol. The molecule has 0 aliphatic heterocycles. The number of hydrogen-bond acceptors (Lipinski definition) is 4. The van der Waals surface area contributed by atoms with Crippen molar-refractivity contribution in [3.05, 3.63) is 17.8 Å². The Morgan fingerprint density at radius 1 is 1.41 bits per heavy atom. The second-order valence-corrected chi connectivity index (χ2v) is 3.97.